The first kappa shape index (κ1) is 33.0. The standard InChI is InChI=1S/C34H33F3N6O5S/c1-3-18-11-21-27(26(37)24(18)20-5-6-23(36)28-25(20)22(13-38)30(49-28)41-32(44)45)39-31(40-29(21)42-9-10-47-16-33(2,46)15-42)48-17-34-7-4-8-43(34)14-19(35)12-34/h3,5-6,11,19,41,46H,1,4,7-10,12,14-17H2,2H3,(H,44,45)/t19-,33?,34+/m1/s1. The minimum Gasteiger partial charge on any atom is -0.465 e. The van der Waals surface area contributed by atoms with Gasteiger partial charge in [0.15, 0.2) is 5.82 Å². The van der Waals surface area contributed by atoms with Crippen LogP contribution in [0.25, 0.3) is 38.2 Å². The largest absolute Gasteiger partial charge is 0.465 e. The van der Waals surface area contributed by atoms with Gasteiger partial charge >= 0.3 is 12.1 Å². The Kier molecular flexibility index (Phi) is 8.38. The number of thiophene rings is 1. The van der Waals surface area contributed by atoms with Crippen LogP contribution in [-0.4, -0.2) is 94.5 Å². The lowest BCUT2D eigenvalue weighted by atomic mass is 9.92. The molecule has 5 heterocycles. The number of rotatable bonds is 7. The third-order valence-corrected chi connectivity index (χ3v) is 10.6. The molecule has 0 saturated carbocycles. The third-order valence-electron chi connectivity index (χ3n) is 9.51. The van der Waals surface area contributed by atoms with Crippen molar-refractivity contribution in [3.63, 3.8) is 0 Å². The predicted octanol–water partition coefficient (Wildman–Crippen LogP) is 5.94. The van der Waals surface area contributed by atoms with Gasteiger partial charge in [-0.25, -0.2) is 18.0 Å². The van der Waals surface area contributed by atoms with Gasteiger partial charge in [0.1, 0.15) is 46.6 Å². The number of nitrogens with zero attached hydrogens (tertiary/aromatic N) is 5. The molecule has 2 aromatic carbocycles. The fourth-order valence-electron chi connectivity index (χ4n) is 7.45. The second kappa shape index (κ2) is 12.4. The zero-order valence-corrected chi connectivity index (χ0v) is 27.4. The van der Waals surface area contributed by atoms with Crippen molar-refractivity contribution in [3.05, 3.63) is 47.5 Å². The molecule has 3 N–H and O–H groups in total. The highest BCUT2D eigenvalue weighted by Crippen LogP contribution is 2.46. The lowest BCUT2D eigenvalue weighted by molar-refractivity contribution is -0.0123. The van der Waals surface area contributed by atoms with Crippen molar-refractivity contribution in [1.82, 2.24) is 14.9 Å². The van der Waals surface area contributed by atoms with E-state index < -0.39 is 35.0 Å². The van der Waals surface area contributed by atoms with Gasteiger partial charge in [-0.15, -0.1) is 11.3 Å². The number of carboxylic acid groups (broad SMARTS) is 1. The molecule has 256 valence electrons. The molecule has 3 saturated heterocycles. The van der Waals surface area contributed by atoms with Crippen molar-refractivity contribution in [3.8, 4) is 23.2 Å². The number of hydrogen-bond acceptors (Lipinski definition) is 10. The Morgan fingerprint density at radius 1 is 1.35 bits per heavy atom. The SMILES string of the molecule is C=Cc1cc2c(N3CCOCC(C)(O)C3)nc(OC[C@@]34CCCN3C[C@H](F)C4)nc2c(F)c1-c1ccc(F)c2sc(NC(=O)O)c(C#N)c12. The summed E-state index contributed by atoms with van der Waals surface area (Å²) in [5, 5.41) is 32.8. The molecule has 3 fully saturated rings. The number of ether oxygens (including phenoxy) is 2. The highest BCUT2D eigenvalue weighted by Gasteiger charge is 2.49. The first-order valence-electron chi connectivity index (χ1n) is 15.8. The predicted molar refractivity (Wildman–Crippen MR) is 179 cm³/mol. The van der Waals surface area contributed by atoms with Gasteiger partial charge in [-0.2, -0.15) is 15.2 Å². The molecule has 0 bridgehead atoms. The average molecular weight is 695 g/mol. The Morgan fingerprint density at radius 2 is 2.16 bits per heavy atom. The number of amides is 1. The lowest BCUT2D eigenvalue weighted by Gasteiger charge is -2.31. The number of carbonyl (C=O) groups is 1. The van der Waals surface area contributed by atoms with Crippen LogP contribution in [0, 0.1) is 23.0 Å². The number of nitriles is 1. The summed E-state index contributed by atoms with van der Waals surface area (Å²) in [5.41, 5.74) is -1.72. The molecular weight excluding hydrogens is 661 g/mol. The number of anilines is 2. The fraction of sp³-hybridized carbons (Fsp3) is 0.412. The van der Waals surface area contributed by atoms with Crippen LogP contribution < -0.4 is 15.0 Å². The van der Waals surface area contributed by atoms with Crippen LogP contribution in [0.5, 0.6) is 6.01 Å². The van der Waals surface area contributed by atoms with Crippen molar-refractivity contribution in [2.45, 2.75) is 43.5 Å². The van der Waals surface area contributed by atoms with Gasteiger partial charge < -0.3 is 24.6 Å². The number of β-amino-alcohol motifs (C(OH)–C–C–N with tert-alkyl or cyclic N) is 1. The number of aliphatic hydroxyl groups is 1. The molecule has 1 unspecified atom stereocenters. The van der Waals surface area contributed by atoms with E-state index in [4.69, 9.17) is 14.5 Å². The summed E-state index contributed by atoms with van der Waals surface area (Å²) < 4.78 is 58.7. The Balaban J connectivity index is 1.43. The zero-order chi connectivity index (χ0) is 34.7. The number of nitrogens with one attached hydrogen (secondary N) is 1. The molecule has 11 nitrogen and oxygen atoms in total. The number of benzene rings is 2. The topological polar surface area (TPSA) is 144 Å². The minimum atomic E-state index is -1.44. The van der Waals surface area contributed by atoms with Gasteiger partial charge in [0.25, 0.3) is 0 Å². The number of aromatic nitrogens is 2. The summed E-state index contributed by atoms with van der Waals surface area (Å²) in [7, 11) is 0. The molecule has 0 radical (unpaired) electrons. The first-order chi connectivity index (χ1) is 23.4. The van der Waals surface area contributed by atoms with E-state index >= 15 is 8.78 Å². The summed E-state index contributed by atoms with van der Waals surface area (Å²) >= 11 is 0.730. The maximum atomic E-state index is 17.2. The van der Waals surface area contributed by atoms with Gasteiger partial charge in [-0.1, -0.05) is 18.7 Å². The Labute approximate surface area is 283 Å². The molecule has 7 rings (SSSR count). The van der Waals surface area contributed by atoms with Gasteiger partial charge in [0.2, 0.25) is 0 Å². The van der Waals surface area contributed by atoms with E-state index in [1.54, 1.807) is 17.9 Å². The van der Waals surface area contributed by atoms with Crippen LogP contribution in [0.4, 0.5) is 28.8 Å². The van der Waals surface area contributed by atoms with E-state index in [0.717, 1.165) is 36.8 Å². The number of halogens is 3. The van der Waals surface area contributed by atoms with Gasteiger partial charge in [0.05, 0.1) is 35.6 Å². The number of fused-ring (bicyclic) bond motifs is 3. The first-order valence-corrected chi connectivity index (χ1v) is 16.6. The van der Waals surface area contributed by atoms with Crippen molar-refractivity contribution in [2.24, 2.45) is 0 Å². The number of hydrogen-bond donors (Lipinski definition) is 3. The molecule has 4 aromatic rings. The minimum absolute atomic E-state index is 0.0328. The van der Waals surface area contributed by atoms with Crippen LogP contribution in [-0.2, 0) is 4.74 Å². The molecule has 0 aliphatic carbocycles. The second-order valence-corrected chi connectivity index (χ2v) is 14.1. The van der Waals surface area contributed by atoms with Gasteiger partial charge in [0, 0.05) is 35.8 Å². The summed E-state index contributed by atoms with van der Waals surface area (Å²) in [6.45, 7) is 7.44. The highest BCUT2D eigenvalue weighted by atomic mass is 32.1. The van der Waals surface area contributed by atoms with E-state index in [9.17, 15) is 24.7 Å². The van der Waals surface area contributed by atoms with Crippen LogP contribution in [0.3, 0.4) is 0 Å². The summed E-state index contributed by atoms with van der Waals surface area (Å²) in [5.74, 6) is -1.27. The van der Waals surface area contributed by atoms with Crippen LogP contribution in [0.15, 0.2) is 24.8 Å². The summed E-state index contributed by atoms with van der Waals surface area (Å²) in [4.78, 5) is 24.6. The molecule has 2 aromatic heterocycles. The average Bonchev–Trinajstić information content (AvgIpc) is 3.66. The molecule has 3 atom stereocenters. The monoisotopic (exact) mass is 694 g/mol. The van der Waals surface area contributed by atoms with E-state index in [1.807, 2.05) is 6.07 Å². The smallest absolute Gasteiger partial charge is 0.409 e. The Hall–Kier alpha value is -4.49. The molecule has 3 aliphatic heterocycles. The van der Waals surface area contributed by atoms with E-state index in [-0.39, 0.29) is 86.4 Å². The maximum absolute atomic E-state index is 17.2. The van der Waals surface area contributed by atoms with E-state index in [1.165, 1.54) is 12.1 Å². The zero-order valence-electron chi connectivity index (χ0n) is 26.6. The third kappa shape index (κ3) is 5.82. The second-order valence-electron chi connectivity index (χ2n) is 13.1. The van der Waals surface area contributed by atoms with Crippen molar-refractivity contribution < 1.29 is 37.7 Å². The Morgan fingerprint density at radius 3 is 2.92 bits per heavy atom. The van der Waals surface area contributed by atoms with E-state index in [2.05, 4.69) is 21.8 Å². The lowest BCUT2D eigenvalue weighted by Crippen LogP contribution is -2.44. The molecule has 0 spiro atoms. The molecule has 1 amide bonds. The molecular formula is C34H33F3N6O5S. The molecule has 15 heteroatoms. The fourth-order valence-corrected chi connectivity index (χ4v) is 8.53. The van der Waals surface area contributed by atoms with Crippen molar-refractivity contribution in [2.75, 3.05) is 56.2 Å². The van der Waals surface area contributed by atoms with Crippen LogP contribution >= 0.6 is 11.3 Å². The summed E-state index contributed by atoms with van der Waals surface area (Å²) in [6, 6.07) is 5.89. The number of alkyl halides is 1. The van der Waals surface area contributed by atoms with Crippen LogP contribution in [0.1, 0.15) is 37.3 Å². The molecule has 49 heavy (non-hydrogen) atoms. The van der Waals surface area contributed by atoms with Gasteiger partial charge in [-0.3, -0.25) is 10.2 Å². The summed E-state index contributed by atoms with van der Waals surface area (Å²) in [6.07, 6.45) is 0.934. The normalized spacial score (nSPS) is 24.2. The maximum Gasteiger partial charge on any atom is 0.409 e. The van der Waals surface area contributed by atoms with E-state index in [0.29, 0.717) is 19.5 Å². The quantitative estimate of drug-likeness (QED) is 0.213. The van der Waals surface area contributed by atoms with Crippen LogP contribution in [0.2, 0.25) is 0 Å². The Bertz CT molecular complexity index is 2050. The highest BCUT2D eigenvalue weighted by molar-refractivity contribution is 7.23. The van der Waals surface area contributed by atoms with Crippen molar-refractivity contribution in [1.29, 1.82) is 5.26 Å². The van der Waals surface area contributed by atoms with Crippen molar-refractivity contribution >= 4 is 55.3 Å². The molecule has 3 aliphatic rings. The van der Waals surface area contributed by atoms with Gasteiger partial charge in [-0.05, 0) is 49.6 Å².